The number of hydrogen-bond donors (Lipinski definition) is 1. The van der Waals surface area contributed by atoms with Crippen LogP contribution in [0.15, 0.2) is 16.9 Å². The third-order valence-corrected chi connectivity index (χ3v) is 3.06. The predicted molar refractivity (Wildman–Crippen MR) is 81.3 cm³/mol. The predicted octanol–water partition coefficient (Wildman–Crippen LogP) is 1.28. The fraction of sp³-hybridized carbons (Fsp3) is 0.667. The van der Waals surface area contributed by atoms with Gasteiger partial charge in [-0.1, -0.05) is 13.3 Å². The number of hydrogen-bond acceptors (Lipinski definition) is 4. The van der Waals surface area contributed by atoms with E-state index in [2.05, 4.69) is 5.10 Å². The summed E-state index contributed by atoms with van der Waals surface area (Å²) in [6, 6.07) is 2.81. The molecule has 0 aliphatic rings. The zero-order valence-electron chi connectivity index (χ0n) is 13.3. The van der Waals surface area contributed by atoms with E-state index in [-0.39, 0.29) is 23.7 Å². The van der Waals surface area contributed by atoms with E-state index in [9.17, 15) is 14.7 Å². The SMILES string of the molecule is CCCCn1nc(C(=O)N(CC)CC(C)(C)O)ccc1=O. The molecule has 6 nitrogen and oxygen atoms in total. The fourth-order valence-electron chi connectivity index (χ4n) is 1.99. The van der Waals surface area contributed by atoms with Crippen molar-refractivity contribution in [2.45, 2.75) is 52.7 Å². The molecule has 0 aliphatic heterocycles. The van der Waals surface area contributed by atoms with Crippen LogP contribution >= 0.6 is 0 Å². The molecule has 0 spiro atoms. The normalized spacial score (nSPS) is 11.5. The molecular weight excluding hydrogens is 270 g/mol. The Labute approximate surface area is 125 Å². The monoisotopic (exact) mass is 295 g/mol. The number of nitrogens with zero attached hydrogens (tertiary/aromatic N) is 3. The van der Waals surface area contributed by atoms with E-state index in [1.165, 1.54) is 21.7 Å². The lowest BCUT2D eigenvalue weighted by Gasteiger charge is -2.27. The van der Waals surface area contributed by atoms with Gasteiger partial charge in [-0.25, -0.2) is 4.68 Å². The lowest BCUT2D eigenvalue weighted by atomic mass is 10.1. The van der Waals surface area contributed by atoms with E-state index in [1.54, 1.807) is 13.8 Å². The molecule has 1 aromatic heterocycles. The molecule has 0 unspecified atom stereocenters. The molecule has 0 fully saturated rings. The van der Waals surface area contributed by atoms with Gasteiger partial charge in [-0.2, -0.15) is 5.10 Å². The Morgan fingerprint density at radius 1 is 1.38 bits per heavy atom. The standard InChI is InChI=1S/C15H25N3O3/c1-5-7-10-18-13(19)9-8-12(16-18)14(20)17(6-2)11-15(3,4)21/h8-9,21H,5-7,10-11H2,1-4H3. The summed E-state index contributed by atoms with van der Waals surface area (Å²) in [5.74, 6) is -0.273. The Kier molecular flexibility index (Phi) is 6.08. The van der Waals surface area contributed by atoms with Gasteiger partial charge in [0.25, 0.3) is 11.5 Å². The van der Waals surface area contributed by atoms with Gasteiger partial charge >= 0.3 is 0 Å². The van der Waals surface area contributed by atoms with Gasteiger partial charge < -0.3 is 10.0 Å². The molecule has 0 aliphatic carbocycles. The van der Waals surface area contributed by atoms with Gasteiger partial charge in [-0.15, -0.1) is 0 Å². The second-order valence-corrected chi connectivity index (χ2v) is 5.77. The third-order valence-electron chi connectivity index (χ3n) is 3.06. The average molecular weight is 295 g/mol. The Morgan fingerprint density at radius 3 is 2.57 bits per heavy atom. The molecule has 1 heterocycles. The van der Waals surface area contributed by atoms with Crippen LogP contribution in [0.1, 0.15) is 51.0 Å². The van der Waals surface area contributed by atoms with Gasteiger partial charge in [0.15, 0.2) is 0 Å². The molecule has 21 heavy (non-hydrogen) atoms. The number of aliphatic hydroxyl groups is 1. The molecule has 1 aromatic rings. The first-order chi connectivity index (χ1) is 9.78. The number of aromatic nitrogens is 2. The minimum atomic E-state index is -0.970. The number of amides is 1. The summed E-state index contributed by atoms with van der Waals surface area (Å²) in [5.41, 5.74) is -0.940. The highest BCUT2D eigenvalue weighted by Crippen LogP contribution is 2.08. The largest absolute Gasteiger partial charge is 0.389 e. The van der Waals surface area contributed by atoms with Crippen LogP contribution in [0.25, 0.3) is 0 Å². The topological polar surface area (TPSA) is 75.4 Å². The van der Waals surface area contributed by atoms with Crippen molar-refractivity contribution in [2.75, 3.05) is 13.1 Å². The quantitative estimate of drug-likeness (QED) is 0.822. The van der Waals surface area contributed by atoms with Crippen LogP contribution in [0.3, 0.4) is 0 Å². The van der Waals surface area contributed by atoms with Crippen LogP contribution < -0.4 is 5.56 Å². The first kappa shape index (κ1) is 17.4. The minimum absolute atomic E-state index is 0.203. The van der Waals surface area contributed by atoms with Gasteiger partial charge in [-0.3, -0.25) is 9.59 Å². The van der Waals surface area contributed by atoms with Crippen molar-refractivity contribution in [3.63, 3.8) is 0 Å². The van der Waals surface area contributed by atoms with Crippen LogP contribution in [0.2, 0.25) is 0 Å². The second kappa shape index (κ2) is 7.36. The summed E-state index contributed by atoms with van der Waals surface area (Å²) in [5, 5.41) is 14.0. The van der Waals surface area contributed by atoms with Crippen LogP contribution in [-0.2, 0) is 6.54 Å². The first-order valence-corrected chi connectivity index (χ1v) is 7.38. The summed E-state index contributed by atoms with van der Waals surface area (Å²) in [4.78, 5) is 25.7. The van der Waals surface area contributed by atoms with Crippen molar-refractivity contribution in [3.05, 3.63) is 28.2 Å². The van der Waals surface area contributed by atoms with E-state index in [4.69, 9.17) is 0 Å². The molecule has 0 radical (unpaired) electrons. The van der Waals surface area contributed by atoms with Gasteiger partial charge in [-0.05, 0) is 33.3 Å². The Hall–Kier alpha value is -1.69. The van der Waals surface area contributed by atoms with Crippen molar-refractivity contribution < 1.29 is 9.90 Å². The molecule has 0 bridgehead atoms. The van der Waals surface area contributed by atoms with E-state index in [1.807, 2.05) is 13.8 Å². The van der Waals surface area contributed by atoms with Gasteiger partial charge in [0, 0.05) is 25.7 Å². The van der Waals surface area contributed by atoms with Gasteiger partial charge in [0.2, 0.25) is 0 Å². The van der Waals surface area contributed by atoms with Gasteiger partial charge in [0.1, 0.15) is 5.69 Å². The summed E-state index contributed by atoms with van der Waals surface area (Å²) >= 11 is 0. The number of aryl methyl sites for hydroxylation is 1. The van der Waals surface area contributed by atoms with E-state index >= 15 is 0 Å². The average Bonchev–Trinajstić information content (AvgIpc) is 2.42. The molecule has 1 amide bonds. The van der Waals surface area contributed by atoms with Crippen LogP contribution in [0.5, 0.6) is 0 Å². The van der Waals surface area contributed by atoms with Crippen LogP contribution in [0, 0.1) is 0 Å². The summed E-state index contributed by atoms with van der Waals surface area (Å²) in [6.07, 6.45) is 1.79. The molecule has 118 valence electrons. The zero-order chi connectivity index (χ0) is 16.0. The Balaban J connectivity index is 2.97. The van der Waals surface area contributed by atoms with Crippen LogP contribution in [-0.4, -0.2) is 44.4 Å². The smallest absolute Gasteiger partial charge is 0.274 e. The van der Waals surface area contributed by atoms with Crippen molar-refractivity contribution in [1.29, 1.82) is 0 Å². The molecule has 0 saturated carbocycles. The lowest BCUT2D eigenvalue weighted by Crippen LogP contribution is -2.43. The molecule has 0 atom stereocenters. The minimum Gasteiger partial charge on any atom is -0.389 e. The molecule has 6 heteroatoms. The number of likely N-dealkylation sites (N-methyl/N-ethyl adjacent to an activating group) is 1. The summed E-state index contributed by atoms with van der Waals surface area (Å²) in [7, 11) is 0. The fourth-order valence-corrected chi connectivity index (χ4v) is 1.99. The maximum absolute atomic E-state index is 12.4. The third kappa shape index (κ3) is 5.30. The first-order valence-electron chi connectivity index (χ1n) is 7.38. The molecule has 1 N–H and O–H groups in total. The number of carbonyl (C=O) groups is 1. The lowest BCUT2D eigenvalue weighted by molar-refractivity contribution is 0.0310. The highest BCUT2D eigenvalue weighted by atomic mass is 16.3. The second-order valence-electron chi connectivity index (χ2n) is 5.77. The summed E-state index contributed by atoms with van der Waals surface area (Å²) < 4.78 is 1.33. The van der Waals surface area contributed by atoms with E-state index in [0.717, 1.165) is 12.8 Å². The zero-order valence-corrected chi connectivity index (χ0v) is 13.3. The van der Waals surface area contributed by atoms with Crippen molar-refractivity contribution in [1.82, 2.24) is 14.7 Å². The van der Waals surface area contributed by atoms with E-state index < -0.39 is 5.60 Å². The molecule has 1 rings (SSSR count). The Morgan fingerprint density at radius 2 is 2.05 bits per heavy atom. The van der Waals surface area contributed by atoms with Crippen molar-refractivity contribution in [3.8, 4) is 0 Å². The number of rotatable bonds is 7. The Bertz CT molecular complexity index is 532. The maximum atomic E-state index is 12.4. The number of carbonyl (C=O) groups excluding carboxylic acids is 1. The molecule has 0 aromatic carbocycles. The molecular formula is C15H25N3O3. The van der Waals surface area contributed by atoms with E-state index in [0.29, 0.717) is 13.1 Å². The highest BCUT2D eigenvalue weighted by Gasteiger charge is 2.23. The summed E-state index contributed by atoms with van der Waals surface area (Å²) in [6.45, 7) is 8.38. The maximum Gasteiger partial charge on any atom is 0.274 e. The molecule has 0 saturated heterocycles. The van der Waals surface area contributed by atoms with Crippen LogP contribution in [0.4, 0.5) is 0 Å². The van der Waals surface area contributed by atoms with Gasteiger partial charge in [0.05, 0.1) is 5.60 Å². The van der Waals surface area contributed by atoms with Crippen molar-refractivity contribution in [2.24, 2.45) is 0 Å². The number of unbranched alkanes of at least 4 members (excludes halogenated alkanes) is 1. The highest BCUT2D eigenvalue weighted by molar-refractivity contribution is 5.92. The van der Waals surface area contributed by atoms with Crippen molar-refractivity contribution >= 4 is 5.91 Å².